The van der Waals surface area contributed by atoms with Crippen molar-refractivity contribution < 1.29 is 65.3 Å². The molecule has 3 aromatic carbocycles. The van der Waals surface area contributed by atoms with Gasteiger partial charge in [-0.25, -0.2) is 0 Å². The molecule has 158 valence electrons. The van der Waals surface area contributed by atoms with E-state index < -0.39 is 41.5 Å². The van der Waals surface area contributed by atoms with Crippen molar-refractivity contribution in [2.24, 2.45) is 10.2 Å². The van der Waals surface area contributed by atoms with E-state index >= 15 is 0 Å². The molecule has 0 saturated carbocycles. The number of methoxy groups -OCH3 is 1. The van der Waals surface area contributed by atoms with E-state index in [2.05, 4.69) is 10.2 Å². The molecule has 0 aliphatic rings. The largest absolute Gasteiger partial charge is 1.00 e. The van der Waals surface area contributed by atoms with Crippen molar-refractivity contribution in [3.63, 3.8) is 0 Å². The van der Waals surface area contributed by atoms with Crippen LogP contribution in [0.25, 0.3) is 10.8 Å². The number of phenolic OH excluding ortho intramolecular Hbond substituents is 1. The average Bonchev–Trinajstić information content (AvgIpc) is 2.65. The van der Waals surface area contributed by atoms with Gasteiger partial charge in [0.2, 0.25) is 0 Å². The van der Waals surface area contributed by atoms with Crippen LogP contribution in [0.4, 0.5) is 11.4 Å². The quantitative estimate of drug-likeness (QED) is 0.277. The Labute approximate surface area is 200 Å². The zero-order chi connectivity index (χ0) is 22.3. The molecule has 13 heteroatoms. The number of nitrogens with zero attached hydrogens (tertiary/aromatic N) is 2. The minimum atomic E-state index is -4.88. The van der Waals surface area contributed by atoms with Gasteiger partial charge in [-0.1, -0.05) is 18.2 Å². The molecule has 0 bridgehead atoms. The van der Waals surface area contributed by atoms with Gasteiger partial charge in [-0.05, 0) is 42.1 Å². The summed E-state index contributed by atoms with van der Waals surface area (Å²) >= 11 is 0. The van der Waals surface area contributed by atoms with Gasteiger partial charge in [-0.3, -0.25) is 9.11 Å². The standard InChI is InChI=1S/C18H16N2O8S2.Na/c1-10-6-7-13(28-2)12(8-10)19-20-17-15(30(25,26)27)9-11-4-3-5-14(29(22,23)24)16(11)18(17)21;/h3-9,21H,1-2H3,(H,22,23,24)(H,25,26,27);/q;+1. The van der Waals surface area contributed by atoms with Gasteiger partial charge >= 0.3 is 29.6 Å². The van der Waals surface area contributed by atoms with Crippen molar-refractivity contribution in [2.75, 3.05) is 7.11 Å². The molecule has 0 fully saturated rings. The Bertz CT molecular complexity index is 1400. The Balaban J connectivity index is 0.00000341. The van der Waals surface area contributed by atoms with Crippen molar-refractivity contribution >= 4 is 42.4 Å². The summed E-state index contributed by atoms with van der Waals surface area (Å²) in [6.07, 6.45) is 0. The van der Waals surface area contributed by atoms with Crippen LogP contribution in [0.5, 0.6) is 11.5 Å². The number of benzene rings is 3. The van der Waals surface area contributed by atoms with E-state index in [0.29, 0.717) is 5.75 Å². The van der Waals surface area contributed by atoms with Crippen molar-refractivity contribution in [3.05, 3.63) is 48.0 Å². The van der Waals surface area contributed by atoms with Gasteiger partial charge in [-0.15, -0.1) is 10.2 Å². The third-order valence-electron chi connectivity index (χ3n) is 4.19. The molecular weight excluding hydrogens is 459 g/mol. The van der Waals surface area contributed by atoms with E-state index in [1.807, 2.05) is 0 Å². The zero-order valence-electron chi connectivity index (χ0n) is 16.6. The van der Waals surface area contributed by atoms with Crippen LogP contribution in [0.15, 0.2) is 62.5 Å². The van der Waals surface area contributed by atoms with Gasteiger partial charge in [0.1, 0.15) is 26.9 Å². The molecule has 0 radical (unpaired) electrons. The molecule has 0 aliphatic heterocycles. The van der Waals surface area contributed by atoms with E-state index in [1.165, 1.54) is 19.2 Å². The number of azo groups is 1. The predicted molar refractivity (Wildman–Crippen MR) is 107 cm³/mol. The fourth-order valence-corrected chi connectivity index (χ4v) is 4.24. The molecule has 0 amide bonds. The van der Waals surface area contributed by atoms with E-state index in [9.17, 15) is 31.0 Å². The summed E-state index contributed by atoms with van der Waals surface area (Å²) in [6, 6.07) is 9.39. The number of hydrogen-bond acceptors (Lipinski definition) is 8. The molecule has 3 aromatic rings. The second-order valence-electron chi connectivity index (χ2n) is 6.25. The number of phenols is 1. The molecule has 31 heavy (non-hydrogen) atoms. The fourth-order valence-electron chi connectivity index (χ4n) is 2.86. The molecule has 10 nitrogen and oxygen atoms in total. The third kappa shape index (κ3) is 5.23. The van der Waals surface area contributed by atoms with E-state index in [-0.39, 0.29) is 46.0 Å². The maximum absolute atomic E-state index is 11.9. The molecule has 0 atom stereocenters. The van der Waals surface area contributed by atoms with Crippen LogP contribution in [0, 0.1) is 6.92 Å². The SMILES string of the molecule is COc1ccc(C)cc1N=Nc1c(S(=O)(=O)O)cc2cccc(S(=O)(=O)O)c2c1O.[Na+]. The fraction of sp³-hybridized carbons (Fsp3) is 0.111. The summed E-state index contributed by atoms with van der Waals surface area (Å²) in [5.41, 5.74) is 0.280. The second-order valence-corrected chi connectivity index (χ2v) is 9.03. The molecule has 0 aromatic heterocycles. The monoisotopic (exact) mass is 475 g/mol. The second kappa shape index (κ2) is 9.20. The van der Waals surface area contributed by atoms with Gasteiger partial charge in [0.25, 0.3) is 20.2 Å². The minimum Gasteiger partial charge on any atom is -0.505 e. The Hall–Kier alpha value is -2.06. The van der Waals surface area contributed by atoms with Crippen molar-refractivity contribution in [1.29, 1.82) is 0 Å². The smallest absolute Gasteiger partial charge is 0.505 e. The topological polar surface area (TPSA) is 163 Å². The van der Waals surface area contributed by atoms with Gasteiger partial charge in [0.15, 0.2) is 5.75 Å². The van der Waals surface area contributed by atoms with Crippen molar-refractivity contribution in [1.82, 2.24) is 0 Å². The van der Waals surface area contributed by atoms with Crippen LogP contribution >= 0.6 is 0 Å². The van der Waals surface area contributed by atoms with Crippen LogP contribution in [0.2, 0.25) is 0 Å². The molecule has 0 spiro atoms. The summed E-state index contributed by atoms with van der Waals surface area (Å²) < 4.78 is 71.3. The van der Waals surface area contributed by atoms with Gasteiger partial charge in [0.05, 0.1) is 7.11 Å². The number of fused-ring (bicyclic) bond motifs is 1. The van der Waals surface area contributed by atoms with Gasteiger partial charge < -0.3 is 9.84 Å². The molecule has 0 aliphatic carbocycles. The number of aryl methyl sites for hydroxylation is 1. The van der Waals surface area contributed by atoms with E-state index in [1.54, 1.807) is 25.1 Å². The van der Waals surface area contributed by atoms with Crippen molar-refractivity contribution in [3.8, 4) is 11.5 Å². The first-order chi connectivity index (χ1) is 13.9. The van der Waals surface area contributed by atoms with Crippen LogP contribution in [0.3, 0.4) is 0 Å². The average molecular weight is 475 g/mol. The Morgan fingerprint density at radius 3 is 2.13 bits per heavy atom. The summed E-state index contributed by atoms with van der Waals surface area (Å²) in [4.78, 5) is -1.46. The number of ether oxygens (including phenoxy) is 1. The molecule has 0 saturated heterocycles. The summed E-state index contributed by atoms with van der Waals surface area (Å²) in [6.45, 7) is 1.77. The first-order valence-corrected chi connectivity index (χ1v) is 11.1. The first kappa shape index (κ1) is 25.2. The molecule has 0 heterocycles. The maximum Gasteiger partial charge on any atom is 1.00 e. The summed E-state index contributed by atoms with van der Waals surface area (Å²) in [5.74, 6) is -0.597. The number of hydrogen-bond donors (Lipinski definition) is 3. The summed E-state index contributed by atoms with van der Waals surface area (Å²) in [5, 5.41) is 17.9. The van der Waals surface area contributed by atoms with Crippen LogP contribution in [-0.4, -0.2) is 38.2 Å². The first-order valence-electron chi connectivity index (χ1n) is 8.23. The zero-order valence-corrected chi connectivity index (χ0v) is 20.3. The Kier molecular flexibility index (Phi) is 7.48. The Morgan fingerprint density at radius 2 is 1.55 bits per heavy atom. The molecular formula is C18H16N2NaO8S2+. The molecule has 0 unspecified atom stereocenters. The number of rotatable bonds is 5. The molecule has 3 rings (SSSR count). The van der Waals surface area contributed by atoms with Gasteiger partial charge in [0, 0.05) is 5.39 Å². The maximum atomic E-state index is 11.9. The Morgan fingerprint density at radius 1 is 0.903 bits per heavy atom. The third-order valence-corrected chi connectivity index (χ3v) is 5.95. The van der Waals surface area contributed by atoms with E-state index in [0.717, 1.165) is 17.7 Å². The van der Waals surface area contributed by atoms with E-state index in [4.69, 9.17) is 4.74 Å². The molecule has 3 N–H and O–H groups in total. The van der Waals surface area contributed by atoms with Crippen LogP contribution in [-0.2, 0) is 20.2 Å². The normalized spacial score (nSPS) is 12.1. The van der Waals surface area contributed by atoms with Crippen molar-refractivity contribution in [2.45, 2.75) is 16.7 Å². The van der Waals surface area contributed by atoms with Gasteiger partial charge in [-0.2, -0.15) is 16.8 Å². The summed E-state index contributed by atoms with van der Waals surface area (Å²) in [7, 11) is -8.26. The predicted octanol–water partition coefficient (Wildman–Crippen LogP) is 0.775. The minimum absolute atomic E-state index is 0. The number of aromatic hydroxyl groups is 1. The van der Waals surface area contributed by atoms with Crippen LogP contribution < -0.4 is 34.3 Å². The van der Waals surface area contributed by atoms with Crippen LogP contribution in [0.1, 0.15) is 5.56 Å².